The van der Waals surface area contributed by atoms with E-state index in [9.17, 15) is 4.79 Å². The molecule has 0 bridgehead atoms. The Morgan fingerprint density at radius 2 is 2.10 bits per heavy atom. The van der Waals surface area contributed by atoms with Crippen molar-refractivity contribution in [1.82, 2.24) is 4.90 Å². The number of nitrogens with zero attached hydrogens (tertiary/aromatic N) is 2. The third-order valence-electron chi connectivity index (χ3n) is 3.46. The zero-order valence-corrected chi connectivity index (χ0v) is 14.0. The van der Waals surface area contributed by atoms with E-state index in [0.717, 1.165) is 23.1 Å². The fourth-order valence-electron chi connectivity index (χ4n) is 2.52. The van der Waals surface area contributed by atoms with Crippen molar-refractivity contribution >= 4 is 40.2 Å². The number of amidine groups is 1. The van der Waals surface area contributed by atoms with Gasteiger partial charge in [-0.25, -0.2) is 0 Å². The van der Waals surface area contributed by atoms with Crippen molar-refractivity contribution in [2.75, 3.05) is 13.1 Å². The van der Waals surface area contributed by atoms with Gasteiger partial charge in [0.25, 0.3) is 5.91 Å². The van der Waals surface area contributed by atoms with Crippen LogP contribution in [-0.4, -0.2) is 41.3 Å². The Kier molecular flexibility index (Phi) is 4.19. The van der Waals surface area contributed by atoms with Crippen molar-refractivity contribution in [3.05, 3.63) is 26.8 Å². The first kappa shape index (κ1) is 14.8. The molecule has 0 aromatic carbocycles. The SMILES string of the molecule is Cc1ccsc1/C=C1/SC(N2C[C@H](C)O[C@@H](C)C2)=NC1=O. The Hall–Kier alpha value is -1.11. The number of hydrogen-bond acceptors (Lipinski definition) is 5. The number of thioether (sulfide) groups is 1. The molecule has 3 heterocycles. The maximum Gasteiger partial charge on any atom is 0.286 e. The molecular formula is C15H18N2O2S2. The van der Waals surface area contributed by atoms with Crippen molar-refractivity contribution in [3.63, 3.8) is 0 Å². The van der Waals surface area contributed by atoms with Crippen LogP contribution in [0.1, 0.15) is 24.3 Å². The number of hydrogen-bond donors (Lipinski definition) is 0. The molecule has 6 heteroatoms. The summed E-state index contributed by atoms with van der Waals surface area (Å²) in [6.45, 7) is 7.73. The van der Waals surface area contributed by atoms with Crippen LogP contribution in [0.5, 0.6) is 0 Å². The third-order valence-corrected chi connectivity index (χ3v) is 5.47. The minimum absolute atomic E-state index is 0.130. The third kappa shape index (κ3) is 3.22. The van der Waals surface area contributed by atoms with Gasteiger partial charge in [0.2, 0.25) is 0 Å². The number of aliphatic imine (C=N–C) groups is 1. The van der Waals surface area contributed by atoms with Crippen molar-refractivity contribution in [2.45, 2.75) is 33.0 Å². The van der Waals surface area contributed by atoms with Crippen LogP contribution in [0.4, 0.5) is 0 Å². The van der Waals surface area contributed by atoms with Crippen LogP contribution in [0.2, 0.25) is 0 Å². The molecule has 2 aliphatic heterocycles. The summed E-state index contributed by atoms with van der Waals surface area (Å²) >= 11 is 3.12. The van der Waals surface area contributed by atoms with E-state index in [4.69, 9.17) is 4.74 Å². The van der Waals surface area contributed by atoms with Gasteiger partial charge in [-0.1, -0.05) is 0 Å². The number of carbonyl (C=O) groups is 1. The Morgan fingerprint density at radius 3 is 2.71 bits per heavy atom. The lowest BCUT2D eigenvalue weighted by molar-refractivity contribution is -0.113. The lowest BCUT2D eigenvalue weighted by atomic mass is 10.2. The Morgan fingerprint density at radius 1 is 1.38 bits per heavy atom. The molecular weight excluding hydrogens is 304 g/mol. The summed E-state index contributed by atoms with van der Waals surface area (Å²) in [4.78, 5) is 20.3. The maximum atomic E-state index is 12.1. The number of aryl methyl sites for hydroxylation is 1. The molecule has 0 aliphatic carbocycles. The molecule has 4 nitrogen and oxygen atoms in total. The quantitative estimate of drug-likeness (QED) is 0.745. The van der Waals surface area contributed by atoms with Crippen molar-refractivity contribution in [1.29, 1.82) is 0 Å². The molecule has 0 radical (unpaired) electrons. The van der Waals surface area contributed by atoms with Gasteiger partial charge in [0.05, 0.1) is 17.1 Å². The van der Waals surface area contributed by atoms with Crippen LogP contribution >= 0.6 is 23.1 Å². The van der Waals surface area contributed by atoms with E-state index in [1.807, 2.05) is 11.5 Å². The highest BCUT2D eigenvalue weighted by atomic mass is 32.2. The predicted octanol–water partition coefficient (Wildman–Crippen LogP) is 3.14. The molecule has 1 fully saturated rings. The summed E-state index contributed by atoms with van der Waals surface area (Å²) in [5.74, 6) is -0.130. The number of amides is 1. The van der Waals surface area contributed by atoms with Crippen LogP contribution in [0.3, 0.4) is 0 Å². The lowest BCUT2D eigenvalue weighted by Crippen LogP contribution is -2.47. The molecule has 21 heavy (non-hydrogen) atoms. The van der Waals surface area contributed by atoms with E-state index in [1.165, 1.54) is 17.3 Å². The van der Waals surface area contributed by atoms with Crippen molar-refractivity contribution < 1.29 is 9.53 Å². The summed E-state index contributed by atoms with van der Waals surface area (Å²) in [7, 11) is 0. The molecule has 3 rings (SSSR count). The van der Waals surface area contributed by atoms with E-state index in [2.05, 4.69) is 36.7 Å². The van der Waals surface area contributed by atoms with Crippen LogP contribution in [-0.2, 0) is 9.53 Å². The van der Waals surface area contributed by atoms with E-state index >= 15 is 0 Å². The van der Waals surface area contributed by atoms with Crippen molar-refractivity contribution in [3.8, 4) is 0 Å². The Bertz CT molecular complexity index is 611. The number of morpholine rings is 1. The number of carbonyl (C=O) groups excluding carboxylic acids is 1. The molecule has 0 unspecified atom stereocenters. The Labute approximate surface area is 132 Å². The zero-order valence-electron chi connectivity index (χ0n) is 12.3. The minimum atomic E-state index is -0.130. The molecule has 0 spiro atoms. The minimum Gasteiger partial charge on any atom is -0.372 e. The molecule has 1 aromatic rings. The second-order valence-electron chi connectivity index (χ2n) is 5.44. The van der Waals surface area contributed by atoms with Gasteiger partial charge < -0.3 is 9.64 Å². The van der Waals surface area contributed by atoms with Gasteiger partial charge >= 0.3 is 0 Å². The maximum absolute atomic E-state index is 12.1. The normalized spacial score (nSPS) is 28.3. The fraction of sp³-hybridized carbons (Fsp3) is 0.467. The number of thiophene rings is 1. The van der Waals surface area contributed by atoms with Gasteiger partial charge in [0, 0.05) is 18.0 Å². The summed E-state index contributed by atoms with van der Waals surface area (Å²) < 4.78 is 5.73. The zero-order chi connectivity index (χ0) is 15.0. The summed E-state index contributed by atoms with van der Waals surface area (Å²) in [6.07, 6.45) is 2.29. The summed E-state index contributed by atoms with van der Waals surface area (Å²) in [5, 5.41) is 2.85. The van der Waals surface area contributed by atoms with Crippen molar-refractivity contribution in [2.24, 2.45) is 4.99 Å². The summed E-state index contributed by atoms with van der Waals surface area (Å²) in [5.41, 5.74) is 1.20. The smallest absolute Gasteiger partial charge is 0.286 e. The summed E-state index contributed by atoms with van der Waals surface area (Å²) in [6, 6.07) is 2.06. The highest BCUT2D eigenvalue weighted by Gasteiger charge is 2.31. The largest absolute Gasteiger partial charge is 0.372 e. The average molecular weight is 322 g/mol. The Balaban J connectivity index is 1.76. The van der Waals surface area contributed by atoms with Crippen LogP contribution in [0.25, 0.3) is 6.08 Å². The second-order valence-corrected chi connectivity index (χ2v) is 7.40. The molecule has 0 saturated carbocycles. The molecule has 1 aromatic heterocycles. The van der Waals surface area contributed by atoms with Gasteiger partial charge in [0.1, 0.15) is 0 Å². The van der Waals surface area contributed by atoms with Crippen LogP contribution in [0.15, 0.2) is 21.3 Å². The van der Waals surface area contributed by atoms with Gasteiger partial charge in [-0.15, -0.1) is 11.3 Å². The molecule has 1 saturated heterocycles. The lowest BCUT2D eigenvalue weighted by Gasteiger charge is -2.35. The topological polar surface area (TPSA) is 41.9 Å². The van der Waals surface area contributed by atoms with Crippen LogP contribution < -0.4 is 0 Å². The highest BCUT2D eigenvalue weighted by molar-refractivity contribution is 8.18. The van der Waals surface area contributed by atoms with E-state index in [1.54, 1.807) is 11.3 Å². The first-order valence-electron chi connectivity index (χ1n) is 7.00. The molecule has 2 atom stereocenters. The first-order chi connectivity index (χ1) is 10.0. The number of ether oxygens (including phenoxy) is 1. The predicted molar refractivity (Wildman–Crippen MR) is 88.6 cm³/mol. The molecule has 2 aliphatic rings. The van der Waals surface area contributed by atoms with E-state index in [-0.39, 0.29) is 18.1 Å². The monoisotopic (exact) mass is 322 g/mol. The van der Waals surface area contributed by atoms with Crippen LogP contribution in [0, 0.1) is 6.92 Å². The van der Waals surface area contributed by atoms with Gasteiger partial charge in [0.15, 0.2) is 5.17 Å². The number of rotatable bonds is 1. The highest BCUT2D eigenvalue weighted by Crippen LogP contribution is 2.33. The van der Waals surface area contributed by atoms with E-state index in [0.29, 0.717) is 4.91 Å². The standard InChI is InChI=1S/C15H18N2O2S2/c1-9-4-5-20-12(9)6-13-14(18)16-15(21-13)17-7-10(2)19-11(3)8-17/h4-6,10-11H,7-8H2,1-3H3/b13-6+/t10-,11-/m0/s1. The van der Waals surface area contributed by atoms with Gasteiger partial charge in [-0.3, -0.25) is 4.79 Å². The molecule has 0 N–H and O–H groups in total. The fourth-order valence-corrected chi connectivity index (χ4v) is 4.37. The molecule has 112 valence electrons. The average Bonchev–Trinajstić information content (AvgIpc) is 2.97. The van der Waals surface area contributed by atoms with E-state index < -0.39 is 0 Å². The van der Waals surface area contributed by atoms with Gasteiger partial charge in [-0.2, -0.15) is 4.99 Å². The molecule has 1 amide bonds. The van der Waals surface area contributed by atoms with Gasteiger partial charge in [-0.05, 0) is 55.6 Å². The first-order valence-corrected chi connectivity index (χ1v) is 8.69. The second kappa shape index (κ2) is 5.94.